The fraction of sp³-hybridized carbons (Fsp3) is 0.0400. The maximum Gasteiger partial charge on any atom is 0.136 e. The van der Waals surface area contributed by atoms with Crippen molar-refractivity contribution in [2.24, 2.45) is 0 Å². The second-order valence-electron chi connectivity index (χ2n) is 14.0. The van der Waals surface area contributed by atoms with Crippen LogP contribution in [0.25, 0.3) is 75.8 Å². The predicted molar refractivity (Wildman–Crippen MR) is 221 cm³/mol. The number of rotatable bonds is 4. The van der Waals surface area contributed by atoms with Gasteiger partial charge in [0.25, 0.3) is 0 Å². The van der Waals surface area contributed by atoms with E-state index in [2.05, 4.69) is 193 Å². The van der Waals surface area contributed by atoms with Gasteiger partial charge in [0.1, 0.15) is 11.2 Å². The fourth-order valence-electron chi connectivity index (χ4n) is 8.87. The summed E-state index contributed by atoms with van der Waals surface area (Å²) in [5.41, 5.74) is 5.49. The first-order valence-corrected chi connectivity index (χ1v) is 18.1. The molecule has 10 aromatic rings. The monoisotopic (exact) mass is 663 g/mol. The zero-order chi connectivity index (χ0) is 34.2. The van der Waals surface area contributed by atoms with Gasteiger partial charge in [-0.2, -0.15) is 0 Å². The molecule has 2 atom stereocenters. The van der Waals surface area contributed by atoms with Gasteiger partial charge in [-0.05, 0) is 79.0 Å². The minimum absolute atomic E-state index is 0.0296. The Morgan fingerprint density at radius 1 is 0.385 bits per heavy atom. The maximum absolute atomic E-state index is 6.61. The summed E-state index contributed by atoms with van der Waals surface area (Å²) in [6.07, 6.45) is 9.21. The molecule has 0 radical (unpaired) electrons. The molecule has 2 heteroatoms. The van der Waals surface area contributed by atoms with Gasteiger partial charge in [-0.1, -0.05) is 158 Å². The third kappa shape index (κ3) is 4.37. The molecule has 11 rings (SSSR count). The van der Waals surface area contributed by atoms with Crippen LogP contribution in [0.5, 0.6) is 0 Å². The van der Waals surface area contributed by atoms with Gasteiger partial charge in [0.2, 0.25) is 0 Å². The van der Waals surface area contributed by atoms with E-state index in [1.807, 2.05) is 0 Å². The Kier molecular flexibility index (Phi) is 6.41. The molecule has 1 heterocycles. The highest BCUT2D eigenvalue weighted by atomic mass is 16.3. The van der Waals surface area contributed by atoms with E-state index in [0.717, 1.165) is 16.6 Å². The molecule has 0 N–H and O–H groups in total. The molecule has 2 nitrogen and oxygen atoms in total. The predicted octanol–water partition coefficient (Wildman–Crippen LogP) is 13.8. The molecule has 1 aliphatic rings. The van der Waals surface area contributed by atoms with E-state index in [0.29, 0.717) is 0 Å². The summed E-state index contributed by atoms with van der Waals surface area (Å²) in [6, 6.07) is 59.8. The minimum Gasteiger partial charge on any atom is -0.456 e. The van der Waals surface area contributed by atoms with Crippen LogP contribution in [0.15, 0.2) is 193 Å². The molecule has 0 amide bonds. The molecule has 244 valence electrons. The highest BCUT2D eigenvalue weighted by Gasteiger charge is 2.32. The Morgan fingerprint density at radius 2 is 1.00 bits per heavy atom. The third-order valence-electron chi connectivity index (χ3n) is 11.2. The van der Waals surface area contributed by atoms with E-state index in [1.165, 1.54) is 76.2 Å². The van der Waals surface area contributed by atoms with Crippen LogP contribution in [0.1, 0.15) is 11.5 Å². The van der Waals surface area contributed by atoms with Crippen molar-refractivity contribution in [1.29, 1.82) is 0 Å². The van der Waals surface area contributed by atoms with Crippen molar-refractivity contribution >= 4 is 87.2 Å². The fourth-order valence-corrected chi connectivity index (χ4v) is 8.87. The van der Waals surface area contributed by atoms with Crippen LogP contribution in [0.4, 0.5) is 11.4 Å². The standard InChI is InChI=1S/C50H33NO/c1-2-15-34-31-49-44(29-33(34)14-1)50-43(23-12-26-48(50)52-49)41-21-9-10-24-45(41)51(46-25-11-22-39-36-17-5-3-13-32(36)27-28-42(39)46)47-30-35-16-4-6-18-37(35)38-19-7-8-20-40(38)47/h1-31,41,45H. The van der Waals surface area contributed by atoms with Gasteiger partial charge in [-0.3, -0.25) is 0 Å². The molecule has 9 aromatic carbocycles. The van der Waals surface area contributed by atoms with E-state index in [1.54, 1.807) is 0 Å². The summed E-state index contributed by atoms with van der Waals surface area (Å²) < 4.78 is 6.61. The first-order valence-electron chi connectivity index (χ1n) is 18.1. The minimum atomic E-state index is -0.0392. The van der Waals surface area contributed by atoms with Gasteiger partial charge in [0, 0.05) is 33.2 Å². The second kappa shape index (κ2) is 11.4. The van der Waals surface area contributed by atoms with Gasteiger partial charge in [0.05, 0.1) is 11.7 Å². The molecule has 0 aliphatic heterocycles. The summed E-state index contributed by atoms with van der Waals surface area (Å²) in [7, 11) is 0. The average Bonchev–Trinajstić information content (AvgIpc) is 3.58. The Bertz CT molecular complexity index is 3110. The van der Waals surface area contributed by atoms with E-state index >= 15 is 0 Å². The number of fused-ring (bicyclic) bond motifs is 10. The van der Waals surface area contributed by atoms with E-state index in [4.69, 9.17) is 4.42 Å². The van der Waals surface area contributed by atoms with Crippen molar-refractivity contribution in [1.82, 2.24) is 0 Å². The lowest BCUT2D eigenvalue weighted by Gasteiger charge is -2.39. The number of anilines is 2. The molecule has 1 aliphatic carbocycles. The van der Waals surface area contributed by atoms with E-state index < -0.39 is 0 Å². The highest BCUT2D eigenvalue weighted by Crippen LogP contribution is 2.47. The summed E-state index contributed by atoms with van der Waals surface area (Å²) in [5.74, 6) is 0.0296. The molecular weight excluding hydrogens is 631 g/mol. The van der Waals surface area contributed by atoms with Crippen molar-refractivity contribution in [2.75, 3.05) is 4.90 Å². The number of hydrogen-bond acceptors (Lipinski definition) is 2. The Balaban J connectivity index is 1.21. The normalized spacial score (nSPS) is 15.9. The number of allylic oxidation sites excluding steroid dienone is 2. The molecular formula is C50H33NO. The van der Waals surface area contributed by atoms with Crippen LogP contribution in [-0.4, -0.2) is 6.04 Å². The van der Waals surface area contributed by atoms with Crippen molar-refractivity contribution < 1.29 is 4.42 Å². The van der Waals surface area contributed by atoms with E-state index in [-0.39, 0.29) is 12.0 Å². The Labute approximate surface area is 301 Å². The number of furan rings is 1. The average molecular weight is 664 g/mol. The second-order valence-corrected chi connectivity index (χ2v) is 14.0. The summed E-state index contributed by atoms with van der Waals surface area (Å²) in [5, 5.41) is 14.7. The lowest BCUT2D eigenvalue weighted by atomic mass is 9.83. The zero-order valence-electron chi connectivity index (χ0n) is 28.4. The van der Waals surface area contributed by atoms with Crippen molar-refractivity contribution in [3.63, 3.8) is 0 Å². The van der Waals surface area contributed by atoms with Crippen LogP contribution >= 0.6 is 0 Å². The largest absolute Gasteiger partial charge is 0.456 e. The Morgan fingerprint density at radius 3 is 1.83 bits per heavy atom. The summed E-state index contributed by atoms with van der Waals surface area (Å²) in [4.78, 5) is 2.62. The number of benzene rings is 9. The van der Waals surface area contributed by atoms with Gasteiger partial charge < -0.3 is 9.32 Å². The maximum atomic E-state index is 6.61. The molecule has 0 saturated carbocycles. The lowest BCUT2D eigenvalue weighted by Crippen LogP contribution is -2.35. The molecule has 1 aromatic heterocycles. The van der Waals surface area contributed by atoms with Gasteiger partial charge in [0.15, 0.2) is 0 Å². The first-order chi connectivity index (χ1) is 25.8. The third-order valence-corrected chi connectivity index (χ3v) is 11.2. The van der Waals surface area contributed by atoms with Gasteiger partial charge >= 0.3 is 0 Å². The van der Waals surface area contributed by atoms with Crippen molar-refractivity contribution in [3.05, 3.63) is 194 Å². The molecule has 0 saturated heterocycles. The SMILES string of the molecule is C1=CC(c2cccc3oc4cc5ccccc5cc4c23)C(N(c2cccc3c2ccc2ccccc23)c2cc3ccccc3c3ccccc23)C=C1. The molecule has 0 spiro atoms. The topological polar surface area (TPSA) is 16.4 Å². The molecule has 0 fully saturated rings. The smallest absolute Gasteiger partial charge is 0.136 e. The zero-order valence-corrected chi connectivity index (χ0v) is 28.4. The summed E-state index contributed by atoms with van der Waals surface area (Å²) in [6.45, 7) is 0. The van der Waals surface area contributed by atoms with Crippen molar-refractivity contribution in [2.45, 2.75) is 12.0 Å². The number of hydrogen-bond donors (Lipinski definition) is 0. The summed E-state index contributed by atoms with van der Waals surface area (Å²) >= 11 is 0. The Hall–Kier alpha value is -6.64. The van der Waals surface area contributed by atoms with Crippen LogP contribution < -0.4 is 4.90 Å². The molecule has 2 unspecified atom stereocenters. The quantitative estimate of drug-likeness (QED) is 0.174. The van der Waals surface area contributed by atoms with Gasteiger partial charge in [-0.25, -0.2) is 0 Å². The number of nitrogens with zero attached hydrogens (tertiary/aromatic N) is 1. The van der Waals surface area contributed by atoms with Crippen LogP contribution in [0.2, 0.25) is 0 Å². The van der Waals surface area contributed by atoms with Crippen molar-refractivity contribution in [3.8, 4) is 0 Å². The van der Waals surface area contributed by atoms with E-state index in [9.17, 15) is 0 Å². The lowest BCUT2D eigenvalue weighted by molar-refractivity contribution is 0.666. The molecule has 0 bridgehead atoms. The molecule has 52 heavy (non-hydrogen) atoms. The van der Waals surface area contributed by atoms with Crippen LogP contribution in [0, 0.1) is 0 Å². The van der Waals surface area contributed by atoms with Crippen LogP contribution in [0.3, 0.4) is 0 Å². The highest BCUT2D eigenvalue weighted by molar-refractivity contribution is 6.17. The van der Waals surface area contributed by atoms with Gasteiger partial charge in [-0.15, -0.1) is 0 Å². The first kappa shape index (κ1) is 29.1. The van der Waals surface area contributed by atoms with Crippen LogP contribution in [-0.2, 0) is 0 Å².